The second-order valence-corrected chi connectivity index (χ2v) is 7.28. The lowest BCUT2D eigenvalue weighted by molar-refractivity contribution is 0.0292. The molecule has 0 radical (unpaired) electrons. The average Bonchev–Trinajstić information content (AvgIpc) is 2.93. The van der Waals surface area contributed by atoms with Crippen LogP contribution in [0.2, 0.25) is 0 Å². The van der Waals surface area contributed by atoms with Crippen LogP contribution in [0, 0.1) is 5.92 Å². The monoisotopic (exact) mass is 293 g/mol. The highest BCUT2D eigenvalue weighted by Gasteiger charge is 2.31. The van der Waals surface area contributed by atoms with Crippen LogP contribution in [-0.2, 0) is 11.3 Å². The summed E-state index contributed by atoms with van der Waals surface area (Å²) in [5, 5.41) is 0. The maximum Gasteiger partial charge on any atom is 0.410 e. The van der Waals surface area contributed by atoms with Crippen LogP contribution >= 0.6 is 0 Å². The fraction of sp³-hybridized carbons (Fsp3) is 0.750. The highest BCUT2D eigenvalue weighted by Crippen LogP contribution is 2.28. The van der Waals surface area contributed by atoms with Crippen LogP contribution in [0.1, 0.15) is 52.7 Å². The van der Waals surface area contributed by atoms with Crippen LogP contribution in [0.3, 0.4) is 0 Å². The summed E-state index contributed by atoms with van der Waals surface area (Å²) in [4.78, 5) is 18.2. The molecule has 1 aromatic rings. The average molecular weight is 293 g/mol. The van der Waals surface area contributed by atoms with E-state index in [0.29, 0.717) is 11.8 Å². The van der Waals surface area contributed by atoms with Crippen LogP contribution in [0.5, 0.6) is 0 Å². The first-order valence-electron chi connectivity index (χ1n) is 7.74. The Balaban J connectivity index is 1.99. The summed E-state index contributed by atoms with van der Waals surface area (Å²) in [6, 6.07) is 0. The number of ether oxygens (including phenoxy) is 1. The predicted octanol–water partition coefficient (Wildman–Crippen LogP) is 3.26. The Morgan fingerprint density at radius 3 is 2.81 bits per heavy atom. The summed E-state index contributed by atoms with van der Waals surface area (Å²) in [7, 11) is 0. The van der Waals surface area contributed by atoms with Crippen molar-refractivity contribution in [2.24, 2.45) is 5.92 Å². The summed E-state index contributed by atoms with van der Waals surface area (Å²) in [5.74, 6) is 0.945. The molecular formula is C16H27N3O2. The Morgan fingerprint density at radius 2 is 2.19 bits per heavy atom. The molecule has 0 spiro atoms. The quantitative estimate of drug-likeness (QED) is 0.859. The molecule has 0 aromatic carbocycles. The number of likely N-dealkylation sites (tertiary alicyclic amines) is 1. The van der Waals surface area contributed by atoms with Gasteiger partial charge in [0.15, 0.2) is 0 Å². The van der Waals surface area contributed by atoms with E-state index in [0.717, 1.165) is 26.1 Å². The zero-order valence-corrected chi connectivity index (χ0v) is 13.8. The number of carbonyl (C=O) groups is 1. The third kappa shape index (κ3) is 4.22. The van der Waals surface area contributed by atoms with Gasteiger partial charge in [0.1, 0.15) is 5.60 Å². The minimum Gasteiger partial charge on any atom is -0.444 e. The van der Waals surface area contributed by atoms with E-state index in [1.165, 1.54) is 5.69 Å². The summed E-state index contributed by atoms with van der Waals surface area (Å²) in [6.07, 6.45) is 4.60. The van der Waals surface area contributed by atoms with E-state index in [4.69, 9.17) is 4.74 Å². The zero-order chi connectivity index (χ0) is 15.6. The van der Waals surface area contributed by atoms with Gasteiger partial charge in [0.25, 0.3) is 0 Å². The number of hydrogen-bond acceptors (Lipinski definition) is 3. The van der Waals surface area contributed by atoms with Gasteiger partial charge in [-0.05, 0) is 33.1 Å². The summed E-state index contributed by atoms with van der Waals surface area (Å²) < 4.78 is 7.66. The van der Waals surface area contributed by atoms with E-state index in [1.54, 1.807) is 0 Å². The first kappa shape index (κ1) is 15.9. The van der Waals surface area contributed by atoms with Crippen molar-refractivity contribution in [3.8, 4) is 0 Å². The molecule has 0 saturated carbocycles. The molecular weight excluding hydrogens is 266 g/mol. The van der Waals surface area contributed by atoms with Crippen molar-refractivity contribution in [1.29, 1.82) is 0 Å². The summed E-state index contributed by atoms with van der Waals surface area (Å²) >= 11 is 0. The fourth-order valence-electron chi connectivity index (χ4n) is 2.71. The number of rotatable bonds is 3. The Bertz CT molecular complexity index is 488. The molecule has 1 amide bonds. The molecule has 5 nitrogen and oxygen atoms in total. The molecule has 2 heterocycles. The number of imidazole rings is 1. The molecule has 1 aliphatic rings. The molecule has 1 aliphatic heterocycles. The number of nitrogens with zero attached hydrogens (tertiary/aromatic N) is 3. The number of amides is 1. The van der Waals surface area contributed by atoms with Crippen LogP contribution in [0.4, 0.5) is 4.79 Å². The first-order valence-corrected chi connectivity index (χ1v) is 7.74. The summed E-state index contributed by atoms with van der Waals surface area (Å²) in [5.41, 5.74) is 0.795. The highest BCUT2D eigenvalue weighted by atomic mass is 16.6. The molecule has 1 aromatic heterocycles. The van der Waals surface area contributed by atoms with Gasteiger partial charge in [-0.2, -0.15) is 0 Å². The van der Waals surface area contributed by atoms with Gasteiger partial charge in [-0.25, -0.2) is 9.78 Å². The molecule has 0 aliphatic carbocycles. The van der Waals surface area contributed by atoms with Gasteiger partial charge in [0.05, 0.1) is 6.33 Å². The first-order chi connectivity index (χ1) is 9.76. The number of hydrogen-bond donors (Lipinski definition) is 0. The van der Waals surface area contributed by atoms with E-state index >= 15 is 0 Å². The Labute approximate surface area is 127 Å². The van der Waals surface area contributed by atoms with E-state index in [9.17, 15) is 4.79 Å². The van der Waals surface area contributed by atoms with Gasteiger partial charge in [-0.1, -0.05) is 13.8 Å². The van der Waals surface area contributed by atoms with Crippen LogP contribution in [0.15, 0.2) is 12.5 Å². The van der Waals surface area contributed by atoms with E-state index in [2.05, 4.69) is 23.4 Å². The van der Waals surface area contributed by atoms with Crippen molar-refractivity contribution < 1.29 is 9.53 Å². The smallest absolute Gasteiger partial charge is 0.410 e. The van der Waals surface area contributed by atoms with Crippen LogP contribution in [0.25, 0.3) is 0 Å². The van der Waals surface area contributed by atoms with E-state index in [-0.39, 0.29) is 6.09 Å². The van der Waals surface area contributed by atoms with Crippen molar-refractivity contribution in [2.45, 2.75) is 59.1 Å². The molecule has 0 N–H and O–H groups in total. The molecule has 0 bridgehead atoms. The van der Waals surface area contributed by atoms with Crippen molar-refractivity contribution in [3.63, 3.8) is 0 Å². The minimum atomic E-state index is -0.436. The third-order valence-electron chi connectivity index (χ3n) is 3.56. The van der Waals surface area contributed by atoms with Crippen molar-refractivity contribution >= 4 is 6.09 Å². The molecule has 1 unspecified atom stereocenters. The zero-order valence-electron chi connectivity index (χ0n) is 13.8. The lowest BCUT2D eigenvalue weighted by Gasteiger charge is -2.24. The molecule has 118 valence electrons. The Morgan fingerprint density at radius 1 is 1.48 bits per heavy atom. The van der Waals surface area contributed by atoms with Gasteiger partial charge < -0.3 is 14.2 Å². The maximum atomic E-state index is 12.1. The van der Waals surface area contributed by atoms with Crippen molar-refractivity contribution in [2.75, 3.05) is 13.1 Å². The normalized spacial score (nSPS) is 19.3. The lowest BCUT2D eigenvalue weighted by atomic mass is 10.1. The predicted molar refractivity (Wildman–Crippen MR) is 82.2 cm³/mol. The van der Waals surface area contributed by atoms with Gasteiger partial charge in [-0.15, -0.1) is 0 Å². The maximum absolute atomic E-state index is 12.1. The fourth-order valence-corrected chi connectivity index (χ4v) is 2.71. The third-order valence-corrected chi connectivity index (χ3v) is 3.56. The Kier molecular flexibility index (Phi) is 4.59. The summed E-state index contributed by atoms with van der Waals surface area (Å²) in [6.45, 7) is 12.5. The van der Waals surface area contributed by atoms with Gasteiger partial charge in [-0.3, -0.25) is 0 Å². The van der Waals surface area contributed by atoms with E-state index in [1.807, 2.05) is 38.2 Å². The highest BCUT2D eigenvalue weighted by molar-refractivity contribution is 5.68. The van der Waals surface area contributed by atoms with Gasteiger partial charge in [0.2, 0.25) is 0 Å². The minimum absolute atomic E-state index is 0.208. The van der Waals surface area contributed by atoms with Crippen LogP contribution in [-0.4, -0.2) is 39.2 Å². The second kappa shape index (κ2) is 6.08. The van der Waals surface area contributed by atoms with E-state index < -0.39 is 5.60 Å². The SMILES string of the molecule is CC(C)Cn1cncc1C1CCN(C(=O)OC(C)(C)C)C1. The number of aromatic nitrogens is 2. The molecule has 21 heavy (non-hydrogen) atoms. The largest absolute Gasteiger partial charge is 0.444 e. The topological polar surface area (TPSA) is 47.4 Å². The lowest BCUT2D eigenvalue weighted by Crippen LogP contribution is -2.35. The molecule has 1 fully saturated rings. The van der Waals surface area contributed by atoms with Gasteiger partial charge >= 0.3 is 6.09 Å². The molecule has 1 saturated heterocycles. The molecule has 2 rings (SSSR count). The van der Waals surface area contributed by atoms with Gasteiger partial charge in [0, 0.05) is 37.4 Å². The van der Waals surface area contributed by atoms with Crippen LogP contribution < -0.4 is 0 Å². The standard InChI is InChI=1S/C16H27N3O2/c1-12(2)9-19-11-17-8-14(19)13-6-7-18(10-13)15(20)21-16(3,4)5/h8,11-13H,6-7,9-10H2,1-5H3. The van der Waals surface area contributed by atoms with Crippen molar-refractivity contribution in [3.05, 3.63) is 18.2 Å². The molecule has 5 heteroatoms. The Hall–Kier alpha value is -1.52. The molecule has 1 atom stereocenters. The van der Waals surface area contributed by atoms with Crippen molar-refractivity contribution in [1.82, 2.24) is 14.5 Å². The second-order valence-electron chi connectivity index (χ2n) is 7.28. The number of carbonyl (C=O) groups excluding carboxylic acids is 1.